The Bertz CT molecular complexity index is 561. The second-order valence-electron chi connectivity index (χ2n) is 5.28. The number of carbonyl (C=O) groups excluding carboxylic acids is 1. The Morgan fingerprint density at radius 2 is 2.29 bits per heavy atom. The van der Waals surface area contributed by atoms with Crippen molar-refractivity contribution in [2.24, 2.45) is 0 Å². The summed E-state index contributed by atoms with van der Waals surface area (Å²) in [6, 6.07) is 4.78. The van der Waals surface area contributed by atoms with Crippen molar-refractivity contribution in [1.82, 2.24) is 0 Å². The highest BCUT2D eigenvalue weighted by Gasteiger charge is 2.32. The lowest BCUT2D eigenvalue weighted by Gasteiger charge is -2.24. The van der Waals surface area contributed by atoms with E-state index >= 15 is 0 Å². The molecule has 1 amide bonds. The zero-order valence-corrected chi connectivity index (χ0v) is 15.0. The molecule has 1 heterocycles. The Morgan fingerprint density at radius 1 is 1.50 bits per heavy atom. The first-order chi connectivity index (χ1) is 11.6. The lowest BCUT2D eigenvalue weighted by Crippen LogP contribution is -2.28. The molecule has 0 saturated carbocycles. The number of carbonyl (C=O) groups is 1. The molecule has 8 heteroatoms. The Balaban J connectivity index is 2.10. The summed E-state index contributed by atoms with van der Waals surface area (Å²) in [5.41, 5.74) is 0.975. The molecular formula is C16H23FN2O4S. The second kappa shape index (κ2) is 9.10. The van der Waals surface area contributed by atoms with Crippen LogP contribution in [0.2, 0.25) is 0 Å². The Morgan fingerprint density at radius 3 is 2.92 bits per heavy atom. The number of hydrogen-bond donors (Lipinski definition) is 0. The number of hydrogen-bond acceptors (Lipinski definition) is 6. The quantitative estimate of drug-likeness (QED) is 0.500. The number of cyclic esters (lactones) is 1. The average Bonchev–Trinajstić information content (AvgIpc) is 2.93. The van der Waals surface area contributed by atoms with E-state index in [0.717, 1.165) is 0 Å². The third-order valence-corrected chi connectivity index (χ3v) is 4.16. The maximum absolute atomic E-state index is 14.5. The van der Waals surface area contributed by atoms with Crippen LogP contribution in [0, 0.1) is 5.82 Å². The van der Waals surface area contributed by atoms with Gasteiger partial charge in [-0.1, -0.05) is 0 Å². The number of methoxy groups -OCH3 is 1. The van der Waals surface area contributed by atoms with E-state index in [4.69, 9.17) is 13.7 Å². The molecule has 1 atom stereocenters. The predicted molar refractivity (Wildman–Crippen MR) is 93.2 cm³/mol. The summed E-state index contributed by atoms with van der Waals surface area (Å²) in [4.78, 5) is 15.2. The summed E-state index contributed by atoms with van der Waals surface area (Å²) in [6.45, 7) is 4.39. The minimum atomic E-state index is -0.482. The number of nitrogens with zero attached hydrogens (tertiary/aromatic N) is 2. The molecule has 1 aromatic rings. The van der Waals surface area contributed by atoms with Gasteiger partial charge in [-0.05, 0) is 37.2 Å². The molecule has 24 heavy (non-hydrogen) atoms. The highest BCUT2D eigenvalue weighted by molar-refractivity contribution is 7.93. The number of benzene rings is 1. The van der Waals surface area contributed by atoms with Crippen LogP contribution in [0.3, 0.4) is 0 Å². The summed E-state index contributed by atoms with van der Waals surface area (Å²) < 4.78 is 30.0. The van der Waals surface area contributed by atoms with Gasteiger partial charge in [0, 0.05) is 26.5 Å². The monoisotopic (exact) mass is 358 g/mol. The van der Waals surface area contributed by atoms with E-state index in [-0.39, 0.29) is 11.9 Å². The van der Waals surface area contributed by atoms with Crippen LogP contribution >= 0.6 is 12.0 Å². The van der Waals surface area contributed by atoms with E-state index in [1.807, 2.05) is 18.1 Å². The van der Waals surface area contributed by atoms with Crippen molar-refractivity contribution >= 4 is 29.5 Å². The van der Waals surface area contributed by atoms with Crippen molar-refractivity contribution in [2.75, 3.05) is 56.0 Å². The van der Waals surface area contributed by atoms with E-state index in [2.05, 4.69) is 0 Å². The van der Waals surface area contributed by atoms with Crippen LogP contribution in [0.5, 0.6) is 0 Å². The summed E-state index contributed by atoms with van der Waals surface area (Å²) in [5.74, 6) is -0.374. The summed E-state index contributed by atoms with van der Waals surface area (Å²) in [7, 11) is 1.55. The Labute approximate surface area is 146 Å². The molecule has 1 unspecified atom stereocenters. The van der Waals surface area contributed by atoms with Gasteiger partial charge in [-0.3, -0.25) is 4.90 Å². The Kier molecular flexibility index (Phi) is 7.14. The van der Waals surface area contributed by atoms with E-state index in [1.165, 1.54) is 23.0 Å². The van der Waals surface area contributed by atoms with Crippen LogP contribution in [0.1, 0.15) is 6.92 Å². The minimum Gasteiger partial charge on any atom is -0.441 e. The standard InChI is InChI=1S/C16H23FN2O4S/c1-4-18(7-8-22-24-3)15-6-5-12(9-14(15)17)19-10-13(11-21-2)23-16(19)20/h5-6,9,13H,4,7-8,10-11H2,1-3H3. The van der Waals surface area contributed by atoms with E-state index in [9.17, 15) is 9.18 Å². The smallest absolute Gasteiger partial charge is 0.414 e. The second-order valence-corrected chi connectivity index (χ2v) is 5.84. The van der Waals surface area contributed by atoms with Crippen LogP contribution in [-0.2, 0) is 13.7 Å². The highest BCUT2D eigenvalue weighted by Crippen LogP contribution is 2.28. The molecule has 1 aliphatic rings. The van der Waals surface area contributed by atoms with Gasteiger partial charge >= 0.3 is 6.09 Å². The fourth-order valence-corrected chi connectivity index (χ4v) is 2.85. The van der Waals surface area contributed by atoms with Crippen molar-refractivity contribution in [3.63, 3.8) is 0 Å². The largest absolute Gasteiger partial charge is 0.441 e. The van der Waals surface area contributed by atoms with E-state index in [0.29, 0.717) is 44.2 Å². The molecule has 0 aliphatic carbocycles. The van der Waals surface area contributed by atoms with Gasteiger partial charge in [0.2, 0.25) is 0 Å². The van der Waals surface area contributed by atoms with Gasteiger partial charge in [-0.2, -0.15) is 0 Å². The van der Waals surface area contributed by atoms with Gasteiger partial charge in [-0.15, -0.1) is 0 Å². The summed E-state index contributed by atoms with van der Waals surface area (Å²) in [6.07, 6.45) is 1.03. The number of halogens is 1. The normalized spacial score (nSPS) is 17.2. The van der Waals surface area contributed by atoms with E-state index < -0.39 is 6.09 Å². The molecule has 134 valence electrons. The number of anilines is 2. The topological polar surface area (TPSA) is 51.2 Å². The number of rotatable bonds is 9. The molecular weight excluding hydrogens is 335 g/mol. The molecule has 1 fully saturated rings. The average molecular weight is 358 g/mol. The zero-order chi connectivity index (χ0) is 17.5. The molecule has 0 aromatic heterocycles. The molecule has 0 spiro atoms. The first-order valence-electron chi connectivity index (χ1n) is 7.77. The first kappa shape index (κ1) is 18.8. The Hall–Kier alpha value is -1.51. The van der Waals surface area contributed by atoms with Crippen LogP contribution in [0.15, 0.2) is 18.2 Å². The molecule has 6 nitrogen and oxygen atoms in total. The van der Waals surface area contributed by atoms with Gasteiger partial charge < -0.3 is 18.6 Å². The minimum absolute atomic E-state index is 0.321. The van der Waals surface area contributed by atoms with Gasteiger partial charge in [0.1, 0.15) is 11.9 Å². The van der Waals surface area contributed by atoms with Crippen LogP contribution in [0.25, 0.3) is 0 Å². The maximum Gasteiger partial charge on any atom is 0.414 e. The molecule has 0 radical (unpaired) electrons. The first-order valence-corrected chi connectivity index (χ1v) is 8.92. The van der Waals surface area contributed by atoms with Gasteiger partial charge in [0.15, 0.2) is 0 Å². The van der Waals surface area contributed by atoms with Crippen molar-refractivity contribution in [2.45, 2.75) is 13.0 Å². The van der Waals surface area contributed by atoms with Crippen LogP contribution in [0.4, 0.5) is 20.6 Å². The van der Waals surface area contributed by atoms with E-state index in [1.54, 1.807) is 19.2 Å². The highest BCUT2D eigenvalue weighted by atomic mass is 32.2. The van der Waals surface area contributed by atoms with Crippen molar-refractivity contribution in [3.8, 4) is 0 Å². The number of amides is 1. The van der Waals surface area contributed by atoms with Crippen molar-refractivity contribution < 1.29 is 22.8 Å². The third kappa shape index (κ3) is 4.52. The molecule has 0 bridgehead atoms. The van der Waals surface area contributed by atoms with Gasteiger partial charge in [-0.25, -0.2) is 9.18 Å². The summed E-state index contributed by atoms with van der Waals surface area (Å²) in [5, 5.41) is 0. The summed E-state index contributed by atoms with van der Waals surface area (Å²) >= 11 is 1.29. The van der Waals surface area contributed by atoms with Crippen molar-refractivity contribution in [3.05, 3.63) is 24.0 Å². The molecule has 1 aromatic carbocycles. The molecule has 0 N–H and O–H groups in total. The van der Waals surface area contributed by atoms with Crippen LogP contribution in [-0.4, -0.2) is 58.4 Å². The zero-order valence-electron chi connectivity index (χ0n) is 14.2. The SMILES string of the molecule is CCN(CCOSC)c1ccc(N2CC(COC)OC2=O)cc1F. The third-order valence-electron chi connectivity index (χ3n) is 3.75. The maximum atomic E-state index is 14.5. The van der Waals surface area contributed by atoms with Gasteiger partial charge in [0.25, 0.3) is 0 Å². The van der Waals surface area contributed by atoms with Crippen LogP contribution < -0.4 is 9.80 Å². The fourth-order valence-electron chi connectivity index (χ4n) is 2.60. The number of ether oxygens (including phenoxy) is 2. The predicted octanol–water partition coefficient (Wildman–Crippen LogP) is 2.92. The van der Waals surface area contributed by atoms with Crippen molar-refractivity contribution in [1.29, 1.82) is 0 Å². The molecule has 1 aliphatic heterocycles. The molecule has 1 saturated heterocycles. The lowest BCUT2D eigenvalue weighted by molar-refractivity contribution is 0.0718. The lowest BCUT2D eigenvalue weighted by atomic mass is 10.2. The van der Waals surface area contributed by atoms with Gasteiger partial charge in [0.05, 0.1) is 31.1 Å². The number of likely N-dealkylation sites (N-methyl/N-ethyl adjacent to an activating group) is 1. The fraction of sp³-hybridized carbons (Fsp3) is 0.562. The molecule has 2 rings (SSSR count).